The molecule has 0 spiro atoms. The standard InChI is InChI=1S/C16H22FNO2/c1-11-9-14(18-8-4-3-5-12(18)2)10-13(16(11)17)6-7-15(19)20/h9-10,12H,3-8H2,1-2H3,(H,19,20)/t12-/m0/s1. The average molecular weight is 279 g/mol. The monoisotopic (exact) mass is 279 g/mol. The van der Waals surface area contributed by atoms with E-state index in [4.69, 9.17) is 5.11 Å². The first-order chi connectivity index (χ1) is 9.49. The van der Waals surface area contributed by atoms with Crippen molar-refractivity contribution in [3.05, 3.63) is 29.1 Å². The molecule has 0 aliphatic carbocycles. The van der Waals surface area contributed by atoms with E-state index in [0.717, 1.165) is 25.1 Å². The highest BCUT2D eigenvalue weighted by molar-refractivity contribution is 5.67. The first-order valence-electron chi connectivity index (χ1n) is 7.26. The van der Waals surface area contributed by atoms with Gasteiger partial charge in [-0.25, -0.2) is 4.39 Å². The van der Waals surface area contributed by atoms with E-state index >= 15 is 0 Å². The van der Waals surface area contributed by atoms with Crippen LogP contribution >= 0.6 is 0 Å². The second-order valence-corrected chi connectivity index (χ2v) is 5.67. The Morgan fingerprint density at radius 1 is 1.45 bits per heavy atom. The number of aryl methyl sites for hydroxylation is 2. The summed E-state index contributed by atoms with van der Waals surface area (Å²) in [6.07, 6.45) is 3.77. The van der Waals surface area contributed by atoms with Crippen molar-refractivity contribution < 1.29 is 14.3 Å². The third-order valence-electron chi connectivity index (χ3n) is 4.06. The van der Waals surface area contributed by atoms with Gasteiger partial charge in [-0.3, -0.25) is 4.79 Å². The number of piperidine rings is 1. The highest BCUT2D eigenvalue weighted by Gasteiger charge is 2.20. The highest BCUT2D eigenvalue weighted by Crippen LogP contribution is 2.28. The van der Waals surface area contributed by atoms with Gasteiger partial charge in [0.05, 0.1) is 0 Å². The number of anilines is 1. The van der Waals surface area contributed by atoms with Gasteiger partial charge in [-0.1, -0.05) is 0 Å². The Hall–Kier alpha value is -1.58. The van der Waals surface area contributed by atoms with Gasteiger partial charge >= 0.3 is 5.97 Å². The molecule has 0 unspecified atom stereocenters. The van der Waals surface area contributed by atoms with Crippen molar-refractivity contribution in [3.8, 4) is 0 Å². The van der Waals surface area contributed by atoms with Crippen molar-refractivity contribution in [3.63, 3.8) is 0 Å². The zero-order valence-electron chi connectivity index (χ0n) is 12.2. The third-order valence-corrected chi connectivity index (χ3v) is 4.06. The van der Waals surface area contributed by atoms with Crippen molar-refractivity contribution in [2.24, 2.45) is 0 Å². The molecule has 1 atom stereocenters. The van der Waals surface area contributed by atoms with E-state index in [1.807, 2.05) is 12.1 Å². The van der Waals surface area contributed by atoms with Crippen LogP contribution in [-0.2, 0) is 11.2 Å². The van der Waals surface area contributed by atoms with Crippen molar-refractivity contribution in [1.29, 1.82) is 0 Å². The number of carboxylic acid groups (broad SMARTS) is 1. The van der Waals surface area contributed by atoms with Gasteiger partial charge in [0, 0.05) is 24.7 Å². The number of carboxylic acids is 1. The lowest BCUT2D eigenvalue weighted by Crippen LogP contribution is -2.37. The number of benzene rings is 1. The molecule has 1 saturated heterocycles. The number of carbonyl (C=O) groups is 1. The molecule has 3 nitrogen and oxygen atoms in total. The number of rotatable bonds is 4. The van der Waals surface area contributed by atoms with Gasteiger partial charge in [0.15, 0.2) is 0 Å². The molecule has 0 radical (unpaired) electrons. The molecular weight excluding hydrogens is 257 g/mol. The van der Waals surface area contributed by atoms with Crippen molar-refractivity contribution in [2.45, 2.75) is 52.0 Å². The zero-order chi connectivity index (χ0) is 14.7. The summed E-state index contributed by atoms with van der Waals surface area (Å²) in [4.78, 5) is 13.0. The maximum Gasteiger partial charge on any atom is 0.303 e. The first kappa shape index (κ1) is 14.8. The summed E-state index contributed by atoms with van der Waals surface area (Å²) in [6, 6.07) is 4.16. The Morgan fingerprint density at radius 3 is 2.85 bits per heavy atom. The molecular formula is C16H22FNO2. The highest BCUT2D eigenvalue weighted by atomic mass is 19.1. The number of hydrogen-bond acceptors (Lipinski definition) is 2. The fourth-order valence-electron chi connectivity index (χ4n) is 2.89. The van der Waals surface area contributed by atoms with Gasteiger partial charge in [-0.2, -0.15) is 0 Å². The van der Waals surface area contributed by atoms with Crippen LogP contribution < -0.4 is 4.90 Å². The van der Waals surface area contributed by atoms with E-state index in [0.29, 0.717) is 17.2 Å². The van der Waals surface area contributed by atoms with Crippen LogP contribution in [0.5, 0.6) is 0 Å². The summed E-state index contributed by atoms with van der Waals surface area (Å²) >= 11 is 0. The Balaban J connectivity index is 2.27. The summed E-state index contributed by atoms with van der Waals surface area (Å²) in [5.41, 5.74) is 2.14. The predicted molar refractivity (Wildman–Crippen MR) is 77.8 cm³/mol. The largest absolute Gasteiger partial charge is 0.481 e. The van der Waals surface area contributed by atoms with E-state index in [1.165, 1.54) is 6.42 Å². The van der Waals surface area contributed by atoms with Crippen LogP contribution in [0.25, 0.3) is 0 Å². The molecule has 0 saturated carbocycles. The Kier molecular flexibility index (Phi) is 4.63. The van der Waals surface area contributed by atoms with Gasteiger partial charge in [-0.15, -0.1) is 0 Å². The quantitative estimate of drug-likeness (QED) is 0.916. The van der Waals surface area contributed by atoms with Crippen LogP contribution in [0.4, 0.5) is 10.1 Å². The van der Waals surface area contributed by atoms with E-state index in [1.54, 1.807) is 6.92 Å². The van der Waals surface area contributed by atoms with E-state index in [-0.39, 0.29) is 18.7 Å². The van der Waals surface area contributed by atoms with Gasteiger partial charge in [0.1, 0.15) is 5.82 Å². The van der Waals surface area contributed by atoms with E-state index in [9.17, 15) is 9.18 Å². The number of hydrogen-bond donors (Lipinski definition) is 1. The van der Waals surface area contributed by atoms with Crippen LogP contribution in [0.1, 0.15) is 43.7 Å². The predicted octanol–water partition coefficient (Wildman–Crippen LogP) is 3.53. The Labute approximate surface area is 119 Å². The van der Waals surface area contributed by atoms with Crippen molar-refractivity contribution >= 4 is 11.7 Å². The molecule has 1 aliphatic rings. The molecule has 1 aliphatic heterocycles. The van der Waals surface area contributed by atoms with Crippen LogP contribution in [0.2, 0.25) is 0 Å². The fourth-order valence-corrected chi connectivity index (χ4v) is 2.89. The smallest absolute Gasteiger partial charge is 0.303 e. The molecule has 1 N–H and O–H groups in total. The van der Waals surface area contributed by atoms with Crippen LogP contribution in [-0.4, -0.2) is 23.7 Å². The number of aliphatic carboxylic acids is 1. The SMILES string of the molecule is Cc1cc(N2CCCC[C@@H]2C)cc(CCC(=O)O)c1F. The van der Waals surface area contributed by atoms with Crippen molar-refractivity contribution in [2.75, 3.05) is 11.4 Å². The molecule has 110 valence electrons. The minimum Gasteiger partial charge on any atom is -0.481 e. The normalized spacial score (nSPS) is 19.1. The zero-order valence-corrected chi connectivity index (χ0v) is 12.2. The van der Waals surface area contributed by atoms with Gasteiger partial charge < -0.3 is 10.0 Å². The molecule has 1 heterocycles. The first-order valence-corrected chi connectivity index (χ1v) is 7.26. The average Bonchev–Trinajstić information content (AvgIpc) is 2.40. The molecule has 0 aromatic heterocycles. The summed E-state index contributed by atoms with van der Waals surface area (Å²) in [6.45, 7) is 4.93. The molecule has 1 aromatic rings. The van der Waals surface area contributed by atoms with Crippen LogP contribution in [0.3, 0.4) is 0 Å². The number of halogens is 1. The van der Waals surface area contributed by atoms with Crippen LogP contribution in [0, 0.1) is 12.7 Å². The molecule has 1 fully saturated rings. The molecule has 0 amide bonds. The molecule has 1 aromatic carbocycles. The van der Waals surface area contributed by atoms with Gasteiger partial charge in [0.2, 0.25) is 0 Å². The van der Waals surface area contributed by atoms with E-state index in [2.05, 4.69) is 11.8 Å². The van der Waals surface area contributed by atoms with Crippen molar-refractivity contribution in [1.82, 2.24) is 0 Å². The second-order valence-electron chi connectivity index (χ2n) is 5.67. The molecule has 20 heavy (non-hydrogen) atoms. The fraction of sp³-hybridized carbons (Fsp3) is 0.562. The molecule has 4 heteroatoms. The lowest BCUT2D eigenvalue weighted by molar-refractivity contribution is -0.136. The third kappa shape index (κ3) is 3.30. The lowest BCUT2D eigenvalue weighted by atomic mass is 9.99. The van der Waals surface area contributed by atoms with Gasteiger partial charge in [-0.05, 0) is 62.8 Å². The maximum absolute atomic E-state index is 14.1. The minimum absolute atomic E-state index is 0.0324. The van der Waals surface area contributed by atoms with E-state index < -0.39 is 5.97 Å². The molecule has 2 rings (SSSR count). The second kappa shape index (κ2) is 6.25. The van der Waals surface area contributed by atoms with Gasteiger partial charge in [0.25, 0.3) is 0 Å². The lowest BCUT2D eigenvalue weighted by Gasteiger charge is -2.36. The maximum atomic E-state index is 14.1. The summed E-state index contributed by atoms with van der Waals surface area (Å²) in [5.74, 6) is -1.15. The minimum atomic E-state index is -0.890. The molecule has 0 bridgehead atoms. The summed E-state index contributed by atoms with van der Waals surface area (Å²) < 4.78 is 14.1. The number of nitrogens with zero attached hydrogens (tertiary/aromatic N) is 1. The van der Waals surface area contributed by atoms with Crippen LogP contribution in [0.15, 0.2) is 12.1 Å². The Morgan fingerprint density at radius 2 is 2.20 bits per heavy atom. The summed E-state index contributed by atoms with van der Waals surface area (Å²) in [5, 5.41) is 8.76. The topological polar surface area (TPSA) is 40.5 Å². The summed E-state index contributed by atoms with van der Waals surface area (Å²) in [7, 11) is 0. The Bertz CT molecular complexity index is 501.